The molecule has 0 spiro atoms. The molecular weight excluding hydrogens is 384 g/mol. The average molecular weight is 406 g/mol. The molecule has 3 rings (SSSR count). The number of aromatic hydroxyl groups is 1. The molecule has 3 aromatic rings. The van der Waals surface area contributed by atoms with Crippen molar-refractivity contribution in [2.24, 2.45) is 5.10 Å². The zero-order valence-electron chi connectivity index (χ0n) is 16.7. The maximum Gasteiger partial charge on any atom is 0.271 e. The van der Waals surface area contributed by atoms with Crippen LogP contribution in [0.5, 0.6) is 23.0 Å². The van der Waals surface area contributed by atoms with Gasteiger partial charge >= 0.3 is 0 Å². The van der Waals surface area contributed by atoms with Crippen LogP contribution in [0.3, 0.4) is 0 Å². The summed E-state index contributed by atoms with van der Waals surface area (Å²) in [5.74, 6) is 0.940. The topological polar surface area (TPSA) is 89.4 Å². The summed E-state index contributed by atoms with van der Waals surface area (Å²) in [6.45, 7) is 0.392. The summed E-state index contributed by atoms with van der Waals surface area (Å²) in [6, 6.07) is 19.4. The van der Waals surface area contributed by atoms with Gasteiger partial charge in [0.2, 0.25) is 0 Å². The number of nitrogens with zero attached hydrogens (tertiary/aromatic N) is 1. The van der Waals surface area contributed by atoms with E-state index in [1.165, 1.54) is 26.5 Å². The second kappa shape index (κ2) is 9.97. The molecule has 0 fully saturated rings. The van der Waals surface area contributed by atoms with Crippen molar-refractivity contribution >= 4 is 12.1 Å². The Labute approximate surface area is 174 Å². The van der Waals surface area contributed by atoms with E-state index in [1.807, 2.05) is 30.3 Å². The molecule has 3 aromatic carbocycles. The number of hydrogen-bond donors (Lipinski definition) is 2. The third-order valence-corrected chi connectivity index (χ3v) is 4.25. The molecule has 1 amide bonds. The number of nitrogens with one attached hydrogen (secondary N) is 1. The zero-order chi connectivity index (χ0) is 21.3. The minimum atomic E-state index is -0.398. The van der Waals surface area contributed by atoms with Gasteiger partial charge in [0.1, 0.15) is 6.61 Å². The molecule has 0 saturated heterocycles. The molecule has 0 aliphatic heterocycles. The van der Waals surface area contributed by atoms with Crippen LogP contribution in [0.2, 0.25) is 0 Å². The number of phenols is 1. The number of methoxy groups -OCH3 is 2. The molecule has 7 heteroatoms. The van der Waals surface area contributed by atoms with Crippen LogP contribution >= 0.6 is 0 Å². The number of hydrogen-bond acceptors (Lipinski definition) is 6. The average Bonchev–Trinajstić information content (AvgIpc) is 2.79. The SMILES string of the molecule is COc1cc(/C=N/NC(=O)c2ccc(OCc3ccccc3)c(OC)c2)ccc1O. The molecule has 0 bridgehead atoms. The lowest BCUT2D eigenvalue weighted by molar-refractivity contribution is 0.0954. The van der Waals surface area contributed by atoms with E-state index in [2.05, 4.69) is 10.5 Å². The molecule has 0 unspecified atom stereocenters. The Balaban J connectivity index is 1.64. The van der Waals surface area contributed by atoms with Crippen LogP contribution in [0.1, 0.15) is 21.5 Å². The van der Waals surface area contributed by atoms with Crippen molar-refractivity contribution in [1.29, 1.82) is 0 Å². The maximum atomic E-state index is 12.4. The van der Waals surface area contributed by atoms with Crippen LogP contribution in [-0.4, -0.2) is 31.4 Å². The van der Waals surface area contributed by atoms with E-state index in [9.17, 15) is 9.90 Å². The first-order valence-corrected chi connectivity index (χ1v) is 9.16. The Bertz CT molecular complexity index is 1040. The lowest BCUT2D eigenvalue weighted by atomic mass is 10.2. The summed E-state index contributed by atoms with van der Waals surface area (Å²) in [7, 11) is 2.97. The van der Waals surface area contributed by atoms with E-state index >= 15 is 0 Å². The summed E-state index contributed by atoms with van der Waals surface area (Å²) in [5, 5.41) is 13.6. The first kappa shape index (κ1) is 20.7. The maximum absolute atomic E-state index is 12.4. The smallest absolute Gasteiger partial charge is 0.271 e. The summed E-state index contributed by atoms with van der Waals surface area (Å²) < 4.78 is 16.2. The number of benzene rings is 3. The minimum absolute atomic E-state index is 0.0281. The number of phenolic OH excluding ortho intramolecular Hbond substituents is 1. The molecular formula is C23H22N2O5. The minimum Gasteiger partial charge on any atom is -0.504 e. The highest BCUT2D eigenvalue weighted by molar-refractivity contribution is 5.95. The molecule has 0 aromatic heterocycles. The molecule has 0 heterocycles. The van der Waals surface area contributed by atoms with Crippen molar-refractivity contribution < 1.29 is 24.1 Å². The van der Waals surface area contributed by atoms with Crippen LogP contribution in [0.15, 0.2) is 71.8 Å². The van der Waals surface area contributed by atoms with Gasteiger partial charge in [-0.15, -0.1) is 0 Å². The van der Waals surface area contributed by atoms with Crippen molar-refractivity contribution in [3.05, 3.63) is 83.4 Å². The molecule has 2 N–H and O–H groups in total. The van der Waals surface area contributed by atoms with Gasteiger partial charge < -0.3 is 19.3 Å². The number of carbonyl (C=O) groups is 1. The normalized spacial score (nSPS) is 10.6. The van der Waals surface area contributed by atoms with Crippen molar-refractivity contribution in [3.63, 3.8) is 0 Å². The van der Waals surface area contributed by atoms with Crippen molar-refractivity contribution in [3.8, 4) is 23.0 Å². The van der Waals surface area contributed by atoms with Crippen molar-refractivity contribution in [1.82, 2.24) is 5.43 Å². The number of rotatable bonds is 8. The zero-order valence-corrected chi connectivity index (χ0v) is 16.7. The summed E-state index contributed by atoms with van der Waals surface area (Å²) >= 11 is 0. The predicted molar refractivity (Wildman–Crippen MR) is 113 cm³/mol. The fourth-order valence-corrected chi connectivity index (χ4v) is 2.67. The van der Waals surface area contributed by atoms with Gasteiger partial charge in [-0.05, 0) is 47.5 Å². The van der Waals surface area contributed by atoms with E-state index in [4.69, 9.17) is 14.2 Å². The first-order valence-electron chi connectivity index (χ1n) is 9.16. The monoisotopic (exact) mass is 406 g/mol. The Morgan fingerprint density at radius 3 is 2.47 bits per heavy atom. The van der Waals surface area contributed by atoms with Gasteiger partial charge in [-0.3, -0.25) is 4.79 Å². The predicted octanol–water partition coefficient (Wildman–Crippen LogP) is 3.75. The molecule has 30 heavy (non-hydrogen) atoms. The van der Waals surface area contributed by atoms with Crippen LogP contribution in [-0.2, 0) is 6.61 Å². The molecule has 0 aliphatic carbocycles. The van der Waals surface area contributed by atoms with Gasteiger partial charge in [-0.2, -0.15) is 5.10 Å². The van der Waals surface area contributed by atoms with Gasteiger partial charge in [0.15, 0.2) is 23.0 Å². The molecule has 0 aliphatic rings. The number of ether oxygens (including phenoxy) is 3. The second-order valence-electron chi connectivity index (χ2n) is 6.27. The fraction of sp³-hybridized carbons (Fsp3) is 0.130. The number of carbonyl (C=O) groups excluding carboxylic acids is 1. The summed E-state index contributed by atoms with van der Waals surface area (Å²) in [5.41, 5.74) is 4.52. The highest BCUT2D eigenvalue weighted by atomic mass is 16.5. The molecule has 0 saturated carbocycles. The molecule has 0 radical (unpaired) electrons. The van der Waals surface area contributed by atoms with Crippen LogP contribution < -0.4 is 19.6 Å². The van der Waals surface area contributed by atoms with Gasteiger partial charge in [-0.25, -0.2) is 5.43 Å². The quantitative estimate of drug-likeness (QED) is 0.439. The highest BCUT2D eigenvalue weighted by Crippen LogP contribution is 2.29. The van der Waals surface area contributed by atoms with Crippen LogP contribution in [0.25, 0.3) is 0 Å². The van der Waals surface area contributed by atoms with E-state index in [1.54, 1.807) is 30.3 Å². The van der Waals surface area contributed by atoms with Crippen molar-refractivity contribution in [2.75, 3.05) is 14.2 Å². The van der Waals surface area contributed by atoms with Gasteiger partial charge in [0, 0.05) is 5.56 Å². The lowest BCUT2D eigenvalue weighted by Gasteiger charge is -2.12. The Morgan fingerprint density at radius 1 is 0.967 bits per heavy atom. The first-order chi connectivity index (χ1) is 14.6. The molecule has 154 valence electrons. The Kier molecular flexibility index (Phi) is 6.89. The third-order valence-electron chi connectivity index (χ3n) is 4.25. The van der Waals surface area contributed by atoms with Gasteiger partial charge in [0.25, 0.3) is 5.91 Å². The fourth-order valence-electron chi connectivity index (χ4n) is 2.67. The molecule has 7 nitrogen and oxygen atoms in total. The second-order valence-corrected chi connectivity index (χ2v) is 6.27. The summed E-state index contributed by atoms with van der Waals surface area (Å²) in [6.07, 6.45) is 1.45. The van der Waals surface area contributed by atoms with E-state index in [-0.39, 0.29) is 5.75 Å². The van der Waals surface area contributed by atoms with Gasteiger partial charge in [-0.1, -0.05) is 30.3 Å². The van der Waals surface area contributed by atoms with Crippen LogP contribution in [0.4, 0.5) is 0 Å². The highest BCUT2D eigenvalue weighted by Gasteiger charge is 2.11. The van der Waals surface area contributed by atoms with E-state index < -0.39 is 5.91 Å². The largest absolute Gasteiger partial charge is 0.504 e. The number of amides is 1. The standard InChI is InChI=1S/C23H22N2O5/c1-28-21-12-17(8-10-19(21)26)14-24-25-23(27)18-9-11-20(22(13-18)29-2)30-15-16-6-4-3-5-7-16/h3-14,26H,15H2,1-2H3,(H,25,27)/b24-14+. The number of hydrazone groups is 1. The van der Waals surface area contributed by atoms with Gasteiger partial charge in [0.05, 0.1) is 20.4 Å². The molecule has 0 atom stereocenters. The Morgan fingerprint density at radius 2 is 1.73 bits per heavy atom. The van der Waals surface area contributed by atoms with E-state index in [0.717, 1.165) is 5.56 Å². The van der Waals surface area contributed by atoms with Crippen LogP contribution in [0, 0.1) is 0 Å². The van der Waals surface area contributed by atoms with Crippen molar-refractivity contribution in [2.45, 2.75) is 6.61 Å². The van der Waals surface area contributed by atoms with E-state index in [0.29, 0.717) is 35.0 Å². The summed E-state index contributed by atoms with van der Waals surface area (Å²) in [4.78, 5) is 12.4. The lowest BCUT2D eigenvalue weighted by Crippen LogP contribution is -2.17. The Hall–Kier alpha value is -4.00. The third kappa shape index (κ3) is 5.29.